The Morgan fingerprint density at radius 2 is 2.21 bits per heavy atom. The first kappa shape index (κ1) is 14.5. The van der Waals surface area contributed by atoms with Crippen LogP contribution in [0.5, 0.6) is 0 Å². The smallest absolute Gasteiger partial charge is 0.0388 e. The molecule has 1 N–H and O–H groups in total. The van der Waals surface area contributed by atoms with E-state index in [9.17, 15) is 0 Å². The molecule has 1 fully saturated rings. The van der Waals surface area contributed by atoms with Crippen LogP contribution in [0.3, 0.4) is 0 Å². The van der Waals surface area contributed by atoms with Crippen molar-refractivity contribution in [2.24, 2.45) is 5.92 Å². The van der Waals surface area contributed by atoms with Crippen molar-refractivity contribution < 1.29 is 0 Å². The Labute approximate surface area is 118 Å². The molecule has 0 saturated carbocycles. The molecular formula is C17H28N2. The van der Waals surface area contributed by atoms with E-state index in [-0.39, 0.29) is 0 Å². The number of likely N-dealkylation sites (tertiary alicyclic amines) is 1. The Morgan fingerprint density at radius 1 is 1.37 bits per heavy atom. The van der Waals surface area contributed by atoms with Crippen LogP contribution in [0.15, 0.2) is 24.3 Å². The lowest BCUT2D eigenvalue weighted by Gasteiger charge is -2.42. The van der Waals surface area contributed by atoms with E-state index < -0.39 is 0 Å². The van der Waals surface area contributed by atoms with Gasteiger partial charge in [0.1, 0.15) is 0 Å². The number of hydrogen-bond acceptors (Lipinski definition) is 2. The maximum Gasteiger partial charge on any atom is 0.0388 e. The highest BCUT2D eigenvalue weighted by Gasteiger charge is 2.31. The topological polar surface area (TPSA) is 15.3 Å². The predicted molar refractivity (Wildman–Crippen MR) is 82.4 cm³/mol. The van der Waals surface area contributed by atoms with E-state index in [4.69, 9.17) is 0 Å². The van der Waals surface area contributed by atoms with Gasteiger partial charge >= 0.3 is 0 Å². The summed E-state index contributed by atoms with van der Waals surface area (Å²) >= 11 is 0. The molecule has 2 unspecified atom stereocenters. The summed E-state index contributed by atoms with van der Waals surface area (Å²) in [5.74, 6) is 0.743. The number of nitrogens with one attached hydrogen (secondary N) is 1. The van der Waals surface area contributed by atoms with E-state index in [2.05, 4.69) is 55.4 Å². The normalized spacial score (nSPS) is 24.6. The molecule has 1 saturated heterocycles. The highest BCUT2D eigenvalue weighted by atomic mass is 15.2. The van der Waals surface area contributed by atoms with Crippen molar-refractivity contribution in [3.63, 3.8) is 0 Å². The molecule has 2 atom stereocenters. The second-order valence-corrected chi connectivity index (χ2v) is 5.85. The van der Waals surface area contributed by atoms with Gasteiger partial charge in [0.05, 0.1) is 0 Å². The standard InChI is InChI=1S/C17H28N2/c1-4-10-19-11-6-9-16(13-18-3)17(19)15-8-5-7-14(2)12-15/h5,7-8,12,16-18H,4,6,9-11,13H2,1-3H3. The lowest BCUT2D eigenvalue weighted by molar-refractivity contribution is 0.0924. The lowest BCUT2D eigenvalue weighted by Crippen LogP contribution is -2.42. The number of aryl methyl sites for hydroxylation is 1. The van der Waals surface area contributed by atoms with Crippen LogP contribution < -0.4 is 5.32 Å². The second-order valence-electron chi connectivity index (χ2n) is 5.85. The zero-order valence-corrected chi connectivity index (χ0v) is 12.7. The summed E-state index contributed by atoms with van der Waals surface area (Å²) in [7, 11) is 2.08. The van der Waals surface area contributed by atoms with Crippen molar-refractivity contribution >= 4 is 0 Å². The molecule has 0 amide bonds. The van der Waals surface area contributed by atoms with E-state index in [1.54, 1.807) is 0 Å². The van der Waals surface area contributed by atoms with Gasteiger partial charge in [0.25, 0.3) is 0 Å². The Bertz CT molecular complexity index is 371. The minimum atomic E-state index is 0.598. The summed E-state index contributed by atoms with van der Waals surface area (Å²) in [5, 5.41) is 3.39. The number of rotatable bonds is 5. The Balaban J connectivity index is 2.26. The molecule has 0 bridgehead atoms. The van der Waals surface area contributed by atoms with E-state index in [0.29, 0.717) is 6.04 Å². The summed E-state index contributed by atoms with van der Waals surface area (Å²) in [6, 6.07) is 9.69. The van der Waals surface area contributed by atoms with Gasteiger partial charge in [0, 0.05) is 6.04 Å². The third-order valence-corrected chi connectivity index (χ3v) is 4.22. The first-order valence-electron chi connectivity index (χ1n) is 7.71. The number of piperidine rings is 1. The van der Waals surface area contributed by atoms with Gasteiger partial charge in [0.15, 0.2) is 0 Å². The number of nitrogens with zero attached hydrogens (tertiary/aromatic N) is 1. The van der Waals surface area contributed by atoms with Gasteiger partial charge in [-0.1, -0.05) is 36.8 Å². The average molecular weight is 260 g/mol. The fourth-order valence-corrected chi connectivity index (χ4v) is 3.50. The van der Waals surface area contributed by atoms with E-state index >= 15 is 0 Å². The van der Waals surface area contributed by atoms with Crippen LogP contribution in [-0.4, -0.2) is 31.6 Å². The molecule has 2 rings (SSSR count). The highest BCUT2D eigenvalue weighted by molar-refractivity contribution is 5.26. The summed E-state index contributed by atoms with van der Waals surface area (Å²) in [6.07, 6.45) is 3.93. The fourth-order valence-electron chi connectivity index (χ4n) is 3.50. The van der Waals surface area contributed by atoms with Crippen LogP contribution in [-0.2, 0) is 0 Å². The maximum absolute atomic E-state index is 3.39. The second kappa shape index (κ2) is 7.06. The van der Waals surface area contributed by atoms with Crippen molar-refractivity contribution in [3.05, 3.63) is 35.4 Å². The number of benzene rings is 1. The van der Waals surface area contributed by atoms with Gasteiger partial charge in [-0.15, -0.1) is 0 Å². The molecule has 1 aromatic carbocycles. The molecule has 0 aromatic heterocycles. The van der Waals surface area contributed by atoms with Crippen molar-refractivity contribution in [3.8, 4) is 0 Å². The van der Waals surface area contributed by atoms with Gasteiger partial charge < -0.3 is 5.32 Å². The molecule has 1 aliphatic rings. The molecule has 1 aromatic rings. The molecule has 0 radical (unpaired) electrons. The highest BCUT2D eigenvalue weighted by Crippen LogP contribution is 2.36. The van der Waals surface area contributed by atoms with E-state index in [1.165, 1.54) is 43.5 Å². The van der Waals surface area contributed by atoms with Crippen molar-refractivity contribution in [2.45, 2.75) is 39.2 Å². The molecule has 1 heterocycles. The van der Waals surface area contributed by atoms with Crippen LogP contribution in [0.25, 0.3) is 0 Å². The zero-order chi connectivity index (χ0) is 13.7. The lowest BCUT2D eigenvalue weighted by atomic mass is 9.84. The van der Waals surface area contributed by atoms with Gasteiger partial charge in [-0.25, -0.2) is 0 Å². The third kappa shape index (κ3) is 3.58. The molecule has 0 aliphatic carbocycles. The molecule has 1 aliphatic heterocycles. The Morgan fingerprint density at radius 3 is 2.89 bits per heavy atom. The van der Waals surface area contributed by atoms with Crippen molar-refractivity contribution in [2.75, 3.05) is 26.7 Å². The Hall–Kier alpha value is -0.860. The van der Waals surface area contributed by atoms with Gasteiger partial charge in [-0.3, -0.25) is 4.90 Å². The number of hydrogen-bond donors (Lipinski definition) is 1. The van der Waals surface area contributed by atoms with Crippen molar-refractivity contribution in [1.82, 2.24) is 10.2 Å². The monoisotopic (exact) mass is 260 g/mol. The average Bonchev–Trinajstić information content (AvgIpc) is 2.40. The largest absolute Gasteiger partial charge is 0.319 e. The zero-order valence-electron chi connectivity index (χ0n) is 12.7. The van der Waals surface area contributed by atoms with Gasteiger partial charge in [0.2, 0.25) is 0 Å². The minimum absolute atomic E-state index is 0.598. The summed E-state index contributed by atoms with van der Waals surface area (Å²) in [5.41, 5.74) is 2.89. The molecule has 0 spiro atoms. The quantitative estimate of drug-likeness (QED) is 0.873. The minimum Gasteiger partial charge on any atom is -0.319 e. The van der Waals surface area contributed by atoms with Gasteiger partial charge in [-0.2, -0.15) is 0 Å². The molecule has 19 heavy (non-hydrogen) atoms. The first-order chi connectivity index (χ1) is 9.26. The molecular weight excluding hydrogens is 232 g/mol. The summed E-state index contributed by atoms with van der Waals surface area (Å²) in [4.78, 5) is 2.69. The molecule has 106 valence electrons. The molecule has 2 nitrogen and oxygen atoms in total. The van der Waals surface area contributed by atoms with Crippen LogP contribution >= 0.6 is 0 Å². The van der Waals surface area contributed by atoms with Crippen LogP contribution in [0.4, 0.5) is 0 Å². The van der Waals surface area contributed by atoms with E-state index in [0.717, 1.165) is 12.5 Å². The predicted octanol–water partition coefficient (Wildman–Crippen LogP) is 3.38. The first-order valence-corrected chi connectivity index (χ1v) is 7.71. The van der Waals surface area contributed by atoms with E-state index in [1.807, 2.05) is 0 Å². The summed E-state index contributed by atoms with van der Waals surface area (Å²) < 4.78 is 0. The SMILES string of the molecule is CCCN1CCCC(CNC)C1c1cccc(C)c1. The third-order valence-electron chi connectivity index (χ3n) is 4.22. The summed E-state index contributed by atoms with van der Waals surface area (Å²) in [6.45, 7) is 8.09. The van der Waals surface area contributed by atoms with Crippen LogP contribution in [0.2, 0.25) is 0 Å². The maximum atomic E-state index is 3.39. The van der Waals surface area contributed by atoms with Gasteiger partial charge in [-0.05, 0) is 64.3 Å². The fraction of sp³-hybridized carbons (Fsp3) is 0.647. The van der Waals surface area contributed by atoms with Crippen molar-refractivity contribution in [1.29, 1.82) is 0 Å². The van der Waals surface area contributed by atoms with Crippen LogP contribution in [0, 0.1) is 12.8 Å². The Kier molecular flexibility index (Phi) is 5.41. The molecule has 2 heteroatoms. The van der Waals surface area contributed by atoms with Crippen LogP contribution in [0.1, 0.15) is 43.4 Å².